The van der Waals surface area contributed by atoms with Gasteiger partial charge in [-0.1, -0.05) is 18.2 Å². The first-order valence-corrected chi connectivity index (χ1v) is 6.74. The van der Waals surface area contributed by atoms with Crippen molar-refractivity contribution in [3.05, 3.63) is 41.6 Å². The molecule has 1 aliphatic rings. The van der Waals surface area contributed by atoms with Gasteiger partial charge in [0.05, 0.1) is 12.1 Å². The molecule has 2 aromatic rings. The predicted octanol–water partition coefficient (Wildman–Crippen LogP) is 3.15. The number of ketones is 1. The molecule has 98 valence electrons. The molecule has 2 heterocycles. The molecule has 3 heteroatoms. The number of hydrogen-bond acceptors (Lipinski definition) is 3. The van der Waals surface area contributed by atoms with Crippen molar-refractivity contribution in [3.63, 3.8) is 0 Å². The summed E-state index contributed by atoms with van der Waals surface area (Å²) in [5.74, 6) is 0.0929. The zero-order chi connectivity index (χ0) is 13.2. The minimum atomic E-state index is -0.0261. The third-order valence-electron chi connectivity index (χ3n) is 3.71. The van der Waals surface area contributed by atoms with Crippen LogP contribution in [0.2, 0.25) is 0 Å². The number of para-hydroxylation sites is 1. The molecule has 0 radical (unpaired) electrons. The van der Waals surface area contributed by atoms with Crippen LogP contribution in [0.15, 0.2) is 30.3 Å². The first kappa shape index (κ1) is 12.3. The summed E-state index contributed by atoms with van der Waals surface area (Å²) in [6.45, 7) is 3.33. The SMILES string of the molecule is Cc1cc(C(=O)C2CCCOC2)nc2ccccc12. The minimum absolute atomic E-state index is 0.0261. The summed E-state index contributed by atoms with van der Waals surface area (Å²) < 4.78 is 5.39. The van der Waals surface area contributed by atoms with Crippen LogP contribution in [0.25, 0.3) is 10.9 Å². The number of fused-ring (bicyclic) bond motifs is 1. The number of rotatable bonds is 2. The van der Waals surface area contributed by atoms with Crippen molar-refractivity contribution in [2.75, 3.05) is 13.2 Å². The molecule has 19 heavy (non-hydrogen) atoms. The smallest absolute Gasteiger partial charge is 0.186 e. The van der Waals surface area contributed by atoms with E-state index in [1.165, 1.54) is 0 Å². The molecule has 0 spiro atoms. The molecule has 0 aliphatic carbocycles. The molecule has 1 unspecified atom stereocenters. The molecule has 1 aliphatic heterocycles. The van der Waals surface area contributed by atoms with Gasteiger partial charge in [0.15, 0.2) is 5.78 Å². The normalized spacial score (nSPS) is 19.5. The lowest BCUT2D eigenvalue weighted by molar-refractivity contribution is 0.0458. The second kappa shape index (κ2) is 5.10. The highest BCUT2D eigenvalue weighted by Gasteiger charge is 2.24. The zero-order valence-electron chi connectivity index (χ0n) is 11.1. The number of pyridine rings is 1. The van der Waals surface area contributed by atoms with Gasteiger partial charge in [-0.15, -0.1) is 0 Å². The van der Waals surface area contributed by atoms with Crippen molar-refractivity contribution in [2.45, 2.75) is 19.8 Å². The van der Waals surface area contributed by atoms with E-state index in [2.05, 4.69) is 4.98 Å². The van der Waals surface area contributed by atoms with E-state index in [4.69, 9.17) is 4.74 Å². The van der Waals surface area contributed by atoms with Gasteiger partial charge < -0.3 is 4.74 Å². The fraction of sp³-hybridized carbons (Fsp3) is 0.375. The maximum absolute atomic E-state index is 12.5. The minimum Gasteiger partial charge on any atom is -0.381 e. The predicted molar refractivity (Wildman–Crippen MR) is 74.4 cm³/mol. The lowest BCUT2D eigenvalue weighted by atomic mass is 9.94. The van der Waals surface area contributed by atoms with E-state index in [0.717, 1.165) is 35.9 Å². The molecule has 3 rings (SSSR count). The first-order chi connectivity index (χ1) is 9.25. The molecule has 3 nitrogen and oxygen atoms in total. The Bertz CT molecular complexity index is 615. The Morgan fingerprint density at radius 3 is 3.00 bits per heavy atom. The number of aromatic nitrogens is 1. The van der Waals surface area contributed by atoms with Crippen LogP contribution in [0.1, 0.15) is 28.9 Å². The van der Waals surface area contributed by atoms with Crippen molar-refractivity contribution in [1.82, 2.24) is 4.98 Å². The van der Waals surface area contributed by atoms with Gasteiger partial charge in [-0.3, -0.25) is 4.79 Å². The lowest BCUT2D eigenvalue weighted by Gasteiger charge is -2.20. The summed E-state index contributed by atoms with van der Waals surface area (Å²) >= 11 is 0. The number of ether oxygens (including phenoxy) is 1. The fourth-order valence-electron chi connectivity index (χ4n) is 2.63. The Morgan fingerprint density at radius 1 is 1.37 bits per heavy atom. The average Bonchev–Trinajstić information content (AvgIpc) is 2.47. The largest absolute Gasteiger partial charge is 0.381 e. The summed E-state index contributed by atoms with van der Waals surface area (Å²) in [6.07, 6.45) is 1.87. The highest BCUT2D eigenvalue weighted by Crippen LogP contribution is 2.22. The van der Waals surface area contributed by atoms with Gasteiger partial charge >= 0.3 is 0 Å². The Morgan fingerprint density at radius 2 is 2.21 bits per heavy atom. The third-order valence-corrected chi connectivity index (χ3v) is 3.71. The molecular formula is C16H17NO2. The number of benzene rings is 1. The van der Waals surface area contributed by atoms with E-state index in [0.29, 0.717) is 12.3 Å². The molecule has 1 saturated heterocycles. The molecule has 0 amide bonds. The highest BCUT2D eigenvalue weighted by molar-refractivity contribution is 5.98. The van der Waals surface area contributed by atoms with Gasteiger partial charge in [-0.25, -0.2) is 4.98 Å². The van der Waals surface area contributed by atoms with Crippen LogP contribution < -0.4 is 0 Å². The van der Waals surface area contributed by atoms with Gasteiger partial charge in [-0.2, -0.15) is 0 Å². The molecule has 1 aromatic heterocycles. The van der Waals surface area contributed by atoms with Crippen LogP contribution in [-0.4, -0.2) is 24.0 Å². The summed E-state index contributed by atoms with van der Waals surface area (Å²) in [7, 11) is 0. The van der Waals surface area contributed by atoms with Crippen LogP contribution in [0, 0.1) is 12.8 Å². The van der Waals surface area contributed by atoms with Crippen LogP contribution in [0.5, 0.6) is 0 Å². The van der Waals surface area contributed by atoms with E-state index in [-0.39, 0.29) is 11.7 Å². The molecule has 1 atom stereocenters. The summed E-state index contributed by atoms with van der Waals surface area (Å²) in [5, 5.41) is 1.11. The maximum Gasteiger partial charge on any atom is 0.186 e. The number of hydrogen-bond donors (Lipinski definition) is 0. The molecule has 0 N–H and O–H groups in total. The van der Waals surface area contributed by atoms with Gasteiger partial charge in [0.2, 0.25) is 0 Å². The number of nitrogens with zero attached hydrogens (tertiary/aromatic N) is 1. The van der Waals surface area contributed by atoms with Crippen LogP contribution in [0.4, 0.5) is 0 Å². The van der Waals surface area contributed by atoms with Crippen LogP contribution >= 0.6 is 0 Å². The number of aryl methyl sites for hydroxylation is 1. The zero-order valence-corrected chi connectivity index (χ0v) is 11.1. The van der Waals surface area contributed by atoms with Gasteiger partial charge in [0, 0.05) is 17.9 Å². The molecular weight excluding hydrogens is 238 g/mol. The average molecular weight is 255 g/mol. The van der Waals surface area contributed by atoms with E-state index in [1.54, 1.807) is 0 Å². The topological polar surface area (TPSA) is 39.2 Å². The summed E-state index contributed by atoms with van der Waals surface area (Å²) in [6, 6.07) is 9.84. The second-order valence-corrected chi connectivity index (χ2v) is 5.12. The van der Waals surface area contributed by atoms with Gasteiger partial charge in [-0.05, 0) is 37.5 Å². The lowest BCUT2D eigenvalue weighted by Crippen LogP contribution is -2.26. The number of carbonyl (C=O) groups excluding carboxylic acids is 1. The van der Waals surface area contributed by atoms with Crippen molar-refractivity contribution in [2.24, 2.45) is 5.92 Å². The molecule has 0 bridgehead atoms. The van der Waals surface area contributed by atoms with E-state index in [9.17, 15) is 4.79 Å². The number of Topliss-reactive ketones (excluding diaryl/α,β-unsaturated/α-hetero) is 1. The van der Waals surface area contributed by atoms with Crippen molar-refractivity contribution in [1.29, 1.82) is 0 Å². The van der Waals surface area contributed by atoms with E-state index < -0.39 is 0 Å². The first-order valence-electron chi connectivity index (χ1n) is 6.74. The Labute approximate surface area is 112 Å². The van der Waals surface area contributed by atoms with Crippen molar-refractivity contribution in [3.8, 4) is 0 Å². The summed E-state index contributed by atoms with van der Waals surface area (Å²) in [4.78, 5) is 17.0. The van der Waals surface area contributed by atoms with Crippen molar-refractivity contribution < 1.29 is 9.53 Å². The molecule has 1 fully saturated rings. The van der Waals surface area contributed by atoms with Crippen LogP contribution in [0.3, 0.4) is 0 Å². The molecule has 1 aromatic carbocycles. The quantitative estimate of drug-likeness (QED) is 0.774. The Balaban J connectivity index is 1.98. The van der Waals surface area contributed by atoms with Crippen molar-refractivity contribution >= 4 is 16.7 Å². The maximum atomic E-state index is 12.5. The second-order valence-electron chi connectivity index (χ2n) is 5.12. The highest BCUT2D eigenvalue weighted by atomic mass is 16.5. The monoisotopic (exact) mass is 255 g/mol. The van der Waals surface area contributed by atoms with E-state index >= 15 is 0 Å². The fourth-order valence-corrected chi connectivity index (χ4v) is 2.63. The van der Waals surface area contributed by atoms with Gasteiger partial charge in [0.25, 0.3) is 0 Å². The number of carbonyl (C=O) groups is 1. The van der Waals surface area contributed by atoms with Crippen LogP contribution in [-0.2, 0) is 4.74 Å². The Kier molecular flexibility index (Phi) is 3.30. The molecule has 0 saturated carbocycles. The third kappa shape index (κ3) is 2.38. The standard InChI is InChI=1S/C16H17NO2/c1-11-9-15(16(18)12-5-4-8-19-10-12)17-14-7-3-2-6-13(11)14/h2-3,6-7,9,12H,4-5,8,10H2,1H3. The Hall–Kier alpha value is -1.74. The van der Waals surface area contributed by atoms with Gasteiger partial charge in [0.1, 0.15) is 5.69 Å². The summed E-state index contributed by atoms with van der Waals surface area (Å²) in [5.41, 5.74) is 2.57. The van der Waals surface area contributed by atoms with E-state index in [1.807, 2.05) is 37.3 Å².